The van der Waals surface area contributed by atoms with Gasteiger partial charge >= 0.3 is 0 Å². The van der Waals surface area contributed by atoms with Crippen LogP contribution in [-0.2, 0) is 22.9 Å². The molecule has 6 nitrogen and oxygen atoms in total. The molecule has 1 saturated heterocycles. The molecule has 2 heterocycles. The van der Waals surface area contributed by atoms with Crippen LogP contribution in [0.1, 0.15) is 36.8 Å². The van der Waals surface area contributed by atoms with Gasteiger partial charge in [-0.05, 0) is 73.8 Å². The molecule has 27 heavy (non-hydrogen) atoms. The highest BCUT2D eigenvalue weighted by atomic mass is 32.2. The van der Waals surface area contributed by atoms with Crippen LogP contribution in [0.15, 0.2) is 41.6 Å². The molecule has 1 aliphatic heterocycles. The van der Waals surface area contributed by atoms with E-state index in [4.69, 9.17) is 0 Å². The van der Waals surface area contributed by atoms with Gasteiger partial charge in [-0.25, -0.2) is 23.1 Å². The van der Waals surface area contributed by atoms with Crippen molar-refractivity contribution in [2.45, 2.75) is 43.4 Å². The Morgan fingerprint density at radius 3 is 2.48 bits per heavy atom. The van der Waals surface area contributed by atoms with Gasteiger partial charge in [-0.3, -0.25) is 0 Å². The zero-order chi connectivity index (χ0) is 18.7. The zero-order valence-corrected chi connectivity index (χ0v) is 16.3. The summed E-state index contributed by atoms with van der Waals surface area (Å²) in [5.41, 5.74) is 2.50. The molecule has 1 aliphatic carbocycles. The number of rotatable bonds is 5. The largest absolute Gasteiger partial charge is 0.341 e. The van der Waals surface area contributed by atoms with Gasteiger partial charge in [0.2, 0.25) is 16.0 Å². The Morgan fingerprint density at radius 2 is 1.74 bits per heavy atom. The quantitative estimate of drug-likeness (QED) is 0.855. The summed E-state index contributed by atoms with van der Waals surface area (Å²) in [5.74, 6) is 1.10. The van der Waals surface area contributed by atoms with Crippen molar-refractivity contribution in [2.24, 2.45) is 5.92 Å². The van der Waals surface area contributed by atoms with Crippen LogP contribution in [0.2, 0.25) is 0 Å². The van der Waals surface area contributed by atoms with E-state index in [9.17, 15) is 8.42 Å². The van der Waals surface area contributed by atoms with Crippen LogP contribution in [0, 0.1) is 5.92 Å². The lowest BCUT2D eigenvalue weighted by molar-refractivity contribution is 0.399. The molecule has 0 amide bonds. The molecule has 2 aromatic rings. The minimum Gasteiger partial charge on any atom is -0.341 e. The van der Waals surface area contributed by atoms with Crippen LogP contribution in [0.5, 0.6) is 0 Å². The summed E-state index contributed by atoms with van der Waals surface area (Å²) >= 11 is 0. The number of anilines is 1. The summed E-state index contributed by atoms with van der Waals surface area (Å²) in [6, 6.07) is 7.42. The Bertz CT molecular complexity index is 878. The van der Waals surface area contributed by atoms with Crippen molar-refractivity contribution in [3.05, 3.63) is 47.8 Å². The number of hydrogen-bond acceptors (Lipinski definition) is 5. The molecule has 0 bridgehead atoms. The Balaban J connectivity index is 1.33. The summed E-state index contributed by atoms with van der Waals surface area (Å²) in [7, 11) is -3.45. The Kier molecular flexibility index (Phi) is 5.41. The van der Waals surface area contributed by atoms with Crippen molar-refractivity contribution in [3.8, 4) is 0 Å². The van der Waals surface area contributed by atoms with Crippen LogP contribution in [-0.4, -0.2) is 38.0 Å². The van der Waals surface area contributed by atoms with Crippen LogP contribution >= 0.6 is 0 Å². The molecule has 7 heteroatoms. The number of benzene rings is 1. The van der Waals surface area contributed by atoms with Gasteiger partial charge < -0.3 is 4.90 Å². The van der Waals surface area contributed by atoms with Gasteiger partial charge in [-0.1, -0.05) is 6.07 Å². The number of hydrogen-bond donors (Lipinski definition) is 1. The average Bonchev–Trinajstić information content (AvgIpc) is 2.73. The summed E-state index contributed by atoms with van der Waals surface area (Å²) in [6.45, 7) is 2.20. The highest BCUT2D eigenvalue weighted by molar-refractivity contribution is 7.89. The molecular weight excluding hydrogens is 360 g/mol. The first-order chi connectivity index (χ1) is 13.1. The molecule has 0 saturated carbocycles. The summed E-state index contributed by atoms with van der Waals surface area (Å²) in [4.78, 5) is 11.1. The van der Waals surface area contributed by atoms with Crippen molar-refractivity contribution in [1.82, 2.24) is 14.7 Å². The van der Waals surface area contributed by atoms with E-state index < -0.39 is 10.0 Å². The highest BCUT2D eigenvalue weighted by Crippen LogP contribution is 2.25. The van der Waals surface area contributed by atoms with E-state index in [1.165, 1.54) is 17.5 Å². The van der Waals surface area contributed by atoms with E-state index in [1.54, 1.807) is 18.5 Å². The lowest BCUT2D eigenvalue weighted by Crippen LogP contribution is -2.39. The van der Waals surface area contributed by atoms with Crippen molar-refractivity contribution in [3.63, 3.8) is 0 Å². The fourth-order valence-corrected chi connectivity index (χ4v) is 5.15. The summed E-state index contributed by atoms with van der Waals surface area (Å²) < 4.78 is 28.2. The predicted octanol–water partition coefficient (Wildman–Crippen LogP) is 2.55. The molecule has 1 aromatic heterocycles. The minimum atomic E-state index is -3.45. The number of nitrogens with zero attached hydrogens (tertiary/aromatic N) is 3. The smallest absolute Gasteiger partial charge is 0.240 e. The fourth-order valence-electron chi connectivity index (χ4n) is 3.98. The first kappa shape index (κ1) is 18.4. The van der Waals surface area contributed by atoms with E-state index in [0.717, 1.165) is 51.1 Å². The summed E-state index contributed by atoms with van der Waals surface area (Å²) in [5, 5.41) is 0. The van der Waals surface area contributed by atoms with E-state index in [-0.39, 0.29) is 0 Å². The molecule has 0 atom stereocenters. The van der Waals surface area contributed by atoms with E-state index >= 15 is 0 Å². The van der Waals surface area contributed by atoms with Crippen LogP contribution in [0.3, 0.4) is 0 Å². The van der Waals surface area contributed by atoms with Crippen molar-refractivity contribution >= 4 is 16.0 Å². The van der Waals surface area contributed by atoms with Crippen LogP contribution in [0.4, 0.5) is 5.95 Å². The van der Waals surface area contributed by atoms with Gasteiger partial charge in [0.05, 0.1) is 4.90 Å². The maximum absolute atomic E-state index is 12.7. The van der Waals surface area contributed by atoms with Crippen LogP contribution < -0.4 is 9.62 Å². The highest BCUT2D eigenvalue weighted by Gasteiger charge is 2.23. The summed E-state index contributed by atoms with van der Waals surface area (Å²) in [6.07, 6.45) is 9.77. The maximum Gasteiger partial charge on any atom is 0.240 e. The normalized spacial score (nSPS) is 18.3. The monoisotopic (exact) mass is 386 g/mol. The second kappa shape index (κ2) is 7.94. The van der Waals surface area contributed by atoms with Gasteiger partial charge in [0.15, 0.2) is 0 Å². The van der Waals surface area contributed by atoms with E-state index in [2.05, 4.69) is 19.6 Å². The van der Waals surface area contributed by atoms with E-state index in [0.29, 0.717) is 17.4 Å². The Hall–Kier alpha value is -1.99. The average molecular weight is 387 g/mol. The molecule has 1 aromatic carbocycles. The topological polar surface area (TPSA) is 75.2 Å². The van der Waals surface area contributed by atoms with Gasteiger partial charge in [0.1, 0.15) is 0 Å². The number of piperidine rings is 1. The second-order valence-electron chi connectivity index (χ2n) is 7.47. The first-order valence-corrected chi connectivity index (χ1v) is 11.2. The predicted molar refractivity (Wildman–Crippen MR) is 105 cm³/mol. The molecule has 2 aliphatic rings. The van der Waals surface area contributed by atoms with Gasteiger partial charge in [-0.15, -0.1) is 0 Å². The maximum atomic E-state index is 12.7. The van der Waals surface area contributed by atoms with Gasteiger partial charge in [-0.2, -0.15) is 0 Å². The molecule has 0 spiro atoms. The Labute approximate surface area is 161 Å². The minimum absolute atomic E-state index is 0.345. The second-order valence-corrected chi connectivity index (χ2v) is 9.24. The first-order valence-electron chi connectivity index (χ1n) is 9.75. The molecule has 0 unspecified atom stereocenters. The lowest BCUT2D eigenvalue weighted by atomic mass is 9.92. The number of aromatic nitrogens is 2. The Morgan fingerprint density at radius 1 is 1.04 bits per heavy atom. The number of aryl methyl sites for hydroxylation is 2. The van der Waals surface area contributed by atoms with Crippen molar-refractivity contribution < 1.29 is 8.42 Å². The zero-order valence-electron chi connectivity index (χ0n) is 15.5. The van der Waals surface area contributed by atoms with Gasteiger partial charge in [0.25, 0.3) is 0 Å². The standard InChI is InChI=1S/C20H26N4O2S/c25-27(26,19-7-6-17-4-1-2-5-18(17)14-19)23-15-16-8-12-24(13-9-16)20-21-10-3-11-22-20/h3,6-7,10-11,14,16,23H,1-2,4-5,8-9,12-13,15H2. The van der Waals surface area contributed by atoms with Gasteiger partial charge in [0, 0.05) is 32.0 Å². The van der Waals surface area contributed by atoms with Crippen LogP contribution in [0.25, 0.3) is 0 Å². The molecule has 0 radical (unpaired) electrons. The molecular formula is C20H26N4O2S. The number of sulfonamides is 1. The molecule has 1 N–H and O–H groups in total. The third kappa shape index (κ3) is 4.30. The van der Waals surface area contributed by atoms with Crippen molar-refractivity contribution in [1.29, 1.82) is 0 Å². The lowest BCUT2D eigenvalue weighted by Gasteiger charge is -2.31. The third-order valence-corrected chi connectivity index (χ3v) is 7.06. The number of nitrogens with one attached hydrogen (secondary N) is 1. The SMILES string of the molecule is O=S(=O)(NCC1CCN(c2ncccn2)CC1)c1ccc2c(c1)CCCC2. The molecule has 1 fully saturated rings. The molecule has 144 valence electrons. The molecule has 4 rings (SSSR count). The van der Waals surface area contributed by atoms with Crippen molar-refractivity contribution in [2.75, 3.05) is 24.5 Å². The van der Waals surface area contributed by atoms with E-state index in [1.807, 2.05) is 18.2 Å². The third-order valence-electron chi connectivity index (χ3n) is 5.64. The fraction of sp³-hybridized carbons (Fsp3) is 0.500. The number of fused-ring (bicyclic) bond motifs is 1.